The van der Waals surface area contributed by atoms with E-state index in [1.165, 1.54) is 0 Å². The van der Waals surface area contributed by atoms with E-state index in [1.807, 2.05) is 50.2 Å². The van der Waals surface area contributed by atoms with Gasteiger partial charge in [-0.3, -0.25) is 9.59 Å². The van der Waals surface area contributed by atoms with Gasteiger partial charge in [-0.05, 0) is 68.1 Å². The summed E-state index contributed by atoms with van der Waals surface area (Å²) in [5.41, 5.74) is 2.71. The molecule has 7 heteroatoms. The number of hydrogen-bond donors (Lipinski definition) is 1. The Bertz CT molecular complexity index is 879. The summed E-state index contributed by atoms with van der Waals surface area (Å²) in [5, 5.41) is 3.60. The Balaban J connectivity index is 2.14. The summed E-state index contributed by atoms with van der Waals surface area (Å²) in [4.78, 5) is 27.3. The Labute approximate surface area is 198 Å². The molecular weight excluding hydrogens is 480 g/mol. The summed E-state index contributed by atoms with van der Waals surface area (Å²) >= 11 is 9.64. The predicted octanol–water partition coefficient (Wildman–Crippen LogP) is 5.43. The molecule has 31 heavy (non-hydrogen) atoms. The number of rotatable bonds is 10. The fraction of sp³-hybridized carbons (Fsp3) is 0.417. The monoisotopic (exact) mass is 508 g/mol. The molecule has 0 aromatic heterocycles. The van der Waals surface area contributed by atoms with Crippen molar-refractivity contribution in [2.75, 3.05) is 13.2 Å². The molecule has 0 aliphatic rings. The van der Waals surface area contributed by atoms with Crippen LogP contribution in [0.4, 0.5) is 0 Å². The summed E-state index contributed by atoms with van der Waals surface area (Å²) in [6.07, 6.45) is 1.89. The molecule has 0 saturated heterocycles. The van der Waals surface area contributed by atoms with Crippen LogP contribution in [0.5, 0.6) is 5.75 Å². The molecule has 2 rings (SSSR count). The Hall–Kier alpha value is -2.05. The number of benzene rings is 2. The number of aryl methyl sites for hydroxylation is 2. The van der Waals surface area contributed by atoms with Gasteiger partial charge < -0.3 is 15.0 Å². The number of ether oxygens (including phenoxy) is 1. The lowest BCUT2D eigenvalue weighted by molar-refractivity contribution is -0.142. The number of nitrogens with zero attached hydrogens (tertiary/aromatic N) is 1. The molecule has 168 valence electrons. The van der Waals surface area contributed by atoms with Crippen molar-refractivity contribution in [2.45, 2.75) is 53.1 Å². The highest BCUT2D eigenvalue weighted by Crippen LogP contribution is 2.26. The van der Waals surface area contributed by atoms with E-state index >= 15 is 0 Å². The smallest absolute Gasteiger partial charge is 0.261 e. The lowest BCUT2D eigenvalue weighted by Crippen LogP contribution is -2.49. The molecular formula is C24H30BrClN2O3. The molecule has 2 aromatic carbocycles. The van der Waals surface area contributed by atoms with Crippen LogP contribution in [0.2, 0.25) is 5.02 Å². The molecule has 1 N–H and O–H groups in total. The largest absolute Gasteiger partial charge is 0.484 e. The van der Waals surface area contributed by atoms with Crippen LogP contribution in [0.15, 0.2) is 40.9 Å². The van der Waals surface area contributed by atoms with Gasteiger partial charge in [-0.15, -0.1) is 0 Å². The molecule has 0 aliphatic heterocycles. The lowest BCUT2D eigenvalue weighted by Gasteiger charge is -2.29. The van der Waals surface area contributed by atoms with Crippen LogP contribution in [0.25, 0.3) is 0 Å². The van der Waals surface area contributed by atoms with Gasteiger partial charge >= 0.3 is 0 Å². The van der Waals surface area contributed by atoms with Gasteiger partial charge in [0.05, 0.1) is 0 Å². The number of carbonyl (C=O) groups is 2. The summed E-state index contributed by atoms with van der Waals surface area (Å²) in [5.74, 6) is 0.153. The molecule has 0 heterocycles. The predicted molar refractivity (Wildman–Crippen MR) is 128 cm³/mol. The molecule has 0 radical (unpaired) electrons. The molecule has 2 aromatic rings. The van der Waals surface area contributed by atoms with E-state index in [0.717, 1.165) is 34.0 Å². The second kappa shape index (κ2) is 12.1. The lowest BCUT2D eigenvalue weighted by atomic mass is 10.1. The van der Waals surface area contributed by atoms with Gasteiger partial charge in [0.1, 0.15) is 11.8 Å². The van der Waals surface area contributed by atoms with Crippen LogP contribution in [0.3, 0.4) is 0 Å². The van der Waals surface area contributed by atoms with Crippen molar-refractivity contribution >= 4 is 39.3 Å². The zero-order chi connectivity index (χ0) is 23.0. The van der Waals surface area contributed by atoms with Gasteiger partial charge in [0.2, 0.25) is 5.91 Å². The van der Waals surface area contributed by atoms with Crippen LogP contribution in [0.1, 0.15) is 43.4 Å². The first-order valence-corrected chi connectivity index (χ1v) is 11.6. The van der Waals surface area contributed by atoms with Crippen LogP contribution in [-0.2, 0) is 16.1 Å². The van der Waals surface area contributed by atoms with Crippen molar-refractivity contribution in [2.24, 2.45) is 0 Å². The Morgan fingerprint density at radius 3 is 2.35 bits per heavy atom. The minimum Gasteiger partial charge on any atom is -0.484 e. The van der Waals surface area contributed by atoms with Crippen molar-refractivity contribution in [1.82, 2.24) is 10.2 Å². The molecule has 0 unspecified atom stereocenters. The van der Waals surface area contributed by atoms with Crippen LogP contribution in [-0.4, -0.2) is 35.9 Å². The molecule has 0 fully saturated rings. The van der Waals surface area contributed by atoms with E-state index in [0.29, 0.717) is 23.9 Å². The minimum absolute atomic E-state index is 0.163. The first-order chi connectivity index (χ1) is 14.7. The zero-order valence-electron chi connectivity index (χ0n) is 18.5. The quantitative estimate of drug-likeness (QED) is 0.434. The Kier molecular flexibility index (Phi) is 9.85. The standard InChI is InChI=1S/C24H30BrClN2O3/c1-5-6-11-27-24(30)18(4)28(14-19-7-9-20(25)10-8-19)22(29)15-31-21-12-16(2)23(26)17(3)13-21/h7-10,12-13,18H,5-6,11,14-15H2,1-4H3,(H,27,30)/t18-/m1/s1. The highest BCUT2D eigenvalue weighted by atomic mass is 79.9. The summed E-state index contributed by atoms with van der Waals surface area (Å²) in [6, 6.07) is 10.7. The summed E-state index contributed by atoms with van der Waals surface area (Å²) < 4.78 is 6.72. The number of unbranched alkanes of at least 4 members (excludes halogenated alkanes) is 1. The highest BCUT2D eigenvalue weighted by molar-refractivity contribution is 9.10. The Morgan fingerprint density at radius 2 is 1.77 bits per heavy atom. The number of amides is 2. The van der Waals surface area contributed by atoms with Crippen LogP contribution in [0, 0.1) is 13.8 Å². The maximum Gasteiger partial charge on any atom is 0.261 e. The van der Waals surface area contributed by atoms with Crippen molar-refractivity contribution in [3.63, 3.8) is 0 Å². The van der Waals surface area contributed by atoms with Gasteiger partial charge in [0.15, 0.2) is 6.61 Å². The zero-order valence-corrected chi connectivity index (χ0v) is 20.8. The Morgan fingerprint density at radius 1 is 1.16 bits per heavy atom. The maximum atomic E-state index is 13.1. The average molecular weight is 510 g/mol. The molecule has 0 saturated carbocycles. The van der Waals surface area contributed by atoms with Crippen LogP contribution < -0.4 is 10.1 Å². The van der Waals surface area contributed by atoms with Crippen LogP contribution >= 0.6 is 27.5 Å². The minimum atomic E-state index is -0.620. The van der Waals surface area contributed by atoms with E-state index < -0.39 is 6.04 Å². The fourth-order valence-electron chi connectivity index (χ4n) is 3.12. The van der Waals surface area contributed by atoms with Crippen molar-refractivity contribution in [1.29, 1.82) is 0 Å². The third kappa shape index (κ3) is 7.54. The first kappa shape index (κ1) is 25.2. The summed E-state index contributed by atoms with van der Waals surface area (Å²) in [6.45, 7) is 8.35. The highest BCUT2D eigenvalue weighted by Gasteiger charge is 2.26. The van der Waals surface area contributed by atoms with Crippen molar-refractivity contribution in [3.8, 4) is 5.75 Å². The molecule has 0 bridgehead atoms. The van der Waals surface area contributed by atoms with Gasteiger partial charge in [-0.1, -0.05) is 53.0 Å². The normalized spacial score (nSPS) is 11.7. The van der Waals surface area contributed by atoms with E-state index in [1.54, 1.807) is 11.8 Å². The van der Waals surface area contributed by atoms with E-state index in [4.69, 9.17) is 16.3 Å². The second-order valence-corrected chi connectivity index (χ2v) is 8.92. The molecule has 2 amide bonds. The van der Waals surface area contributed by atoms with Crippen molar-refractivity contribution in [3.05, 3.63) is 62.6 Å². The van der Waals surface area contributed by atoms with Gasteiger partial charge in [0.25, 0.3) is 5.91 Å². The van der Waals surface area contributed by atoms with E-state index in [2.05, 4.69) is 28.2 Å². The molecule has 5 nitrogen and oxygen atoms in total. The van der Waals surface area contributed by atoms with E-state index in [9.17, 15) is 9.59 Å². The first-order valence-electron chi connectivity index (χ1n) is 10.4. The third-order valence-corrected chi connectivity index (χ3v) is 6.16. The van der Waals surface area contributed by atoms with Crippen molar-refractivity contribution < 1.29 is 14.3 Å². The SMILES string of the molecule is CCCCNC(=O)[C@@H](C)N(Cc1ccc(Br)cc1)C(=O)COc1cc(C)c(Cl)c(C)c1. The molecule has 0 aliphatic carbocycles. The van der Waals surface area contributed by atoms with Gasteiger partial charge in [-0.25, -0.2) is 0 Å². The molecule has 1 atom stereocenters. The molecule has 0 spiro atoms. The summed E-state index contributed by atoms with van der Waals surface area (Å²) in [7, 11) is 0. The number of carbonyl (C=O) groups excluding carboxylic acids is 2. The topological polar surface area (TPSA) is 58.6 Å². The maximum absolute atomic E-state index is 13.1. The average Bonchev–Trinajstić information content (AvgIpc) is 2.74. The second-order valence-electron chi connectivity index (χ2n) is 7.63. The number of hydrogen-bond acceptors (Lipinski definition) is 3. The fourth-order valence-corrected chi connectivity index (χ4v) is 3.50. The number of nitrogens with one attached hydrogen (secondary N) is 1. The van der Waals surface area contributed by atoms with Gasteiger partial charge in [0, 0.05) is 22.6 Å². The number of halogens is 2. The van der Waals surface area contributed by atoms with Gasteiger partial charge in [-0.2, -0.15) is 0 Å². The third-order valence-electron chi connectivity index (χ3n) is 5.04. The van der Waals surface area contributed by atoms with E-state index in [-0.39, 0.29) is 18.4 Å².